The number of aryl methyl sites for hydroxylation is 1. The van der Waals surface area contributed by atoms with E-state index in [1.807, 2.05) is 56.8 Å². The molecule has 192 valence electrons. The minimum atomic E-state index is -0.00176. The van der Waals surface area contributed by atoms with Crippen molar-refractivity contribution < 1.29 is 0 Å². The Balaban J connectivity index is 0.000000711. The lowest BCUT2D eigenvalue weighted by molar-refractivity contribution is 0.676. The summed E-state index contributed by atoms with van der Waals surface area (Å²) in [4.78, 5) is 4.30. The van der Waals surface area contributed by atoms with Gasteiger partial charge in [-0.2, -0.15) is 0 Å². The number of hydrogen-bond donors (Lipinski definition) is 2. The third-order valence-corrected chi connectivity index (χ3v) is 5.93. The van der Waals surface area contributed by atoms with Gasteiger partial charge in [0.25, 0.3) is 0 Å². The van der Waals surface area contributed by atoms with Gasteiger partial charge in [0.1, 0.15) is 0 Å². The Hall–Kier alpha value is -4.09. The summed E-state index contributed by atoms with van der Waals surface area (Å²) < 4.78 is 2.13. The molecule has 0 amide bonds. The van der Waals surface area contributed by atoms with Crippen LogP contribution >= 0.6 is 0 Å². The average molecular weight is 494 g/mol. The highest BCUT2D eigenvalue weighted by molar-refractivity contribution is 5.92. The number of hydrazine groups is 1. The topological polar surface area (TPSA) is 73.1 Å². The van der Waals surface area contributed by atoms with Gasteiger partial charge in [-0.3, -0.25) is 5.01 Å². The Morgan fingerprint density at radius 3 is 2.16 bits per heavy atom. The second kappa shape index (κ2) is 13.3. The van der Waals surface area contributed by atoms with E-state index < -0.39 is 0 Å². The number of rotatable bonds is 4. The van der Waals surface area contributed by atoms with Crippen molar-refractivity contribution in [1.29, 1.82) is 0 Å². The van der Waals surface area contributed by atoms with E-state index in [9.17, 15) is 0 Å². The number of imidazole rings is 1. The fourth-order valence-electron chi connectivity index (χ4n) is 4.28. The zero-order valence-corrected chi connectivity index (χ0v) is 22.6. The predicted molar refractivity (Wildman–Crippen MR) is 157 cm³/mol. The lowest BCUT2D eigenvalue weighted by atomic mass is 9.88. The molecular weight excluding hydrogens is 454 g/mol. The summed E-state index contributed by atoms with van der Waals surface area (Å²) in [5, 5.41) is 1.64. The van der Waals surface area contributed by atoms with E-state index in [1.54, 1.807) is 11.2 Å². The first-order valence-electron chi connectivity index (χ1n) is 13.0. The van der Waals surface area contributed by atoms with Crippen molar-refractivity contribution in [3.63, 3.8) is 0 Å². The molecule has 5 nitrogen and oxygen atoms in total. The summed E-state index contributed by atoms with van der Waals surface area (Å²) >= 11 is 0. The number of fused-ring (bicyclic) bond motifs is 1. The van der Waals surface area contributed by atoms with Crippen LogP contribution in [-0.2, 0) is 0 Å². The summed E-state index contributed by atoms with van der Waals surface area (Å²) in [6.07, 6.45) is 10.5. The maximum absolute atomic E-state index is 6.42. The molecule has 37 heavy (non-hydrogen) atoms. The smallest absolute Gasteiger partial charge is 0.0954 e. The highest BCUT2D eigenvalue weighted by Crippen LogP contribution is 2.40. The largest absolute Gasteiger partial charge is 0.403 e. The normalized spacial score (nSPS) is 13.9. The SMILES string of the molecule is CC.CCC.Cc1ccc(C(c2ccc3c(c2)C(c2ccccc2)=C/C(=C/N)N3N)n2ccnc2)cc1. The molecule has 0 saturated carbocycles. The van der Waals surface area contributed by atoms with E-state index in [2.05, 4.69) is 84.9 Å². The van der Waals surface area contributed by atoms with Gasteiger partial charge in [0.2, 0.25) is 0 Å². The van der Waals surface area contributed by atoms with E-state index in [4.69, 9.17) is 11.6 Å². The molecule has 0 fully saturated rings. The lowest BCUT2D eigenvalue weighted by Crippen LogP contribution is -2.33. The lowest BCUT2D eigenvalue weighted by Gasteiger charge is -2.30. The molecule has 2 heterocycles. The molecule has 0 aliphatic carbocycles. The second-order valence-electron chi connectivity index (χ2n) is 8.69. The van der Waals surface area contributed by atoms with Gasteiger partial charge in [-0.15, -0.1) is 0 Å². The van der Waals surface area contributed by atoms with Crippen LogP contribution < -0.4 is 16.6 Å². The van der Waals surface area contributed by atoms with E-state index in [0.29, 0.717) is 0 Å². The number of aromatic nitrogens is 2. The third kappa shape index (κ3) is 6.19. The summed E-state index contributed by atoms with van der Waals surface area (Å²) in [5.41, 5.74) is 14.4. The van der Waals surface area contributed by atoms with Gasteiger partial charge in [0.15, 0.2) is 0 Å². The van der Waals surface area contributed by atoms with Crippen molar-refractivity contribution in [2.75, 3.05) is 5.01 Å². The molecule has 1 atom stereocenters. The molecule has 1 aliphatic rings. The van der Waals surface area contributed by atoms with Crippen LogP contribution in [0.4, 0.5) is 5.69 Å². The van der Waals surface area contributed by atoms with Gasteiger partial charge in [-0.1, -0.05) is 100 Å². The van der Waals surface area contributed by atoms with Gasteiger partial charge in [-0.05, 0) is 47.4 Å². The van der Waals surface area contributed by atoms with Crippen LogP contribution in [0.15, 0.2) is 109 Å². The van der Waals surface area contributed by atoms with Gasteiger partial charge < -0.3 is 10.3 Å². The number of anilines is 1. The number of hydrogen-bond acceptors (Lipinski definition) is 4. The van der Waals surface area contributed by atoms with Crippen molar-refractivity contribution in [1.82, 2.24) is 9.55 Å². The van der Waals surface area contributed by atoms with Crippen LogP contribution in [-0.4, -0.2) is 9.55 Å². The quantitative estimate of drug-likeness (QED) is 0.295. The molecule has 1 aromatic heterocycles. The molecule has 1 aliphatic heterocycles. The zero-order chi connectivity index (χ0) is 26.8. The molecule has 3 aromatic carbocycles. The highest BCUT2D eigenvalue weighted by atomic mass is 15.4. The summed E-state index contributed by atoms with van der Waals surface area (Å²) in [5.74, 6) is 6.42. The molecule has 0 saturated heterocycles. The van der Waals surface area contributed by atoms with Gasteiger partial charge in [0.05, 0.1) is 23.8 Å². The van der Waals surface area contributed by atoms with Crippen molar-refractivity contribution in [2.24, 2.45) is 11.6 Å². The fraction of sp³-hybridized carbons (Fsp3) is 0.219. The monoisotopic (exact) mass is 493 g/mol. The van der Waals surface area contributed by atoms with Crippen molar-refractivity contribution in [3.8, 4) is 0 Å². The first-order chi connectivity index (χ1) is 18.1. The Morgan fingerprint density at radius 1 is 0.919 bits per heavy atom. The van der Waals surface area contributed by atoms with E-state index in [1.165, 1.54) is 17.5 Å². The molecule has 4 aromatic rings. The second-order valence-corrected chi connectivity index (χ2v) is 8.69. The Morgan fingerprint density at radius 2 is 1.57 bits per heavy atom. The number of nitrogens with zero attached hydrogens (tertiary/aromatic N) is 3. The molecule has 5 heteroatoms. The fourth-order valence-corrected chi connectivity index (χ4v) is 4.28. The van der Waals surface area contributed by atoms with Gasteiger partial charge >= 0.3 is 0 Å². The van der Waals surface area contributed by atoms with Crippen LogP contribution in [0.2, 0.25) is 0 Å². The van der Waals surface area contributed by atoms with Crippen molar-refractivity contribution >= 4 is 11.3 Å². The van der Waals surface area contributed by atoms with Crippen LogP contribution in [0.1, 0.15) is 68.0 Å². The zero-order valence-electron chi connectivity index (χ0n) is 22.6. The van der Waals surface area contributed by atoms with E-state index in [0.717, 1.165) is 33.6 Å². The van der Waals surface area contributed by atoms with Crippen LogP contribution in [0.3, 0.4) is 0 Å². The van der Waals surface area contributed by atoms with E-state index >= 15 is 0 Å². The van der Waals surface area contributed by atoms with Crippen LogP contribution in [0.25, 0.3) is 5.57 Å². The predicted octanol–water partition coefficient (Wildman–Crippen LogP) is 7.20. The molecular formula is C32H39N5. The van der Waals surface area contributed by atoms with Crippen LogP contribution in [0, 0.1) is 6.92 Å². The average Bonchev–Trinajstić information content (AvgIpc) is 3.47. The van der Waals surface area contributed by atoms with Crippen molar-refractivity contribution in [2.45, 2.75) is 47.1 Å². The Kier molecular flexibility index (Phi) is 9.87. The highest BCUT2D eigenvalue weighted by Gasteiger charge is 2.24. The first kappa shape index (κ1) is 27.5. The van der Waals surface area contributed by atoms with E-state index in [-0.39, 0.29) is 6.04 Å². The Labute approximate surface area is 221 Å². The summed E-state index contributed by atoms with van der Waals surface area (Å²) in [6.45, 7) is 10.4. The standard InChI is InChI=1S/C27H25N5.C3H8.C2H6/c1-19-7-9-21(10-8-19)27(31-14-13-30-18-31)22-11-12-26-25(15-22)24(16-23(17-28)32(26)29)20-5-3-2-4-6-20;1-3-2;1-2/h2-18,27H,28-29H2,1H3;3H2,1-2H3;1-2H3/b23-17-;;. The molecule has 0 bridgehead atoms. The third-order valence-electron chi connectivity index (χ3n) is 5.93. The molecule has 5 rings (SSSR count). The number of nitrogens with two attached hydrogens (primary N) is 2. The molecule has 1 unspecified atom stereocenters. The number of allylic oxidation sites excluding steroid dienone is 1. The molecule has 0 radical (unpaired) electrons. The maximum Gasteiger partial charge on any atom is 0.0954 e. The Bertz CT molecular complexity index is 1300. The number of benzene rings is 3. The van der Waals surface area contributed by atoms with Gasteiger partial charge in [0, 0.05) is 24.2 Å². The summed E-state index contributed by atoms with van der Waals surface area (Å²) in [6, 6.07) is 25.4. The maximum atomic E-state index is 6.42. The van der Waals surface area contributed by atoms with Gasteiger partial charge in [-0.25, -0.2) is 10.8 Å². The molecule has 0 spiro atoms. The molecule has 4 N–H and O–H groups in total. The first-order valence-corrected chi connectivity index (χ1v) is 13.0. The minimum absolute atomic E-state index is 0.00176. The minimum Gasteiger partial charge on any atom is -0.403 e. The van der Waals surface area contributed by atoms with Crippen molar-refractivity contribution in [3.05, 3.63) is 137 Å². The van der Waals surface area contributed by atoms with Crippen LogP contribution in [0.5, 0.6) is 0 Å². The summed E-state index contributed by atoms with van der Waals surface area (Å²) in [7, 11) is 0.